The van der Waals surface area contributed by atoms with Crippen LogP contribution in [0.15, 0.2) is 12.1 Å². The van der Waals surface area contributed by atoms with E-state index in [9.17, 15) is 4.79 Å². The van der Waals surface area contributed by atoms with Crippen LogP contribution in [0.4, 0.5) is 0 Å². The van der Waals surface area contributed by atoms with Crippen LogP contribution in [0.2, 0.25) is 4.34 Å². The number of Topliss-reactive ketones (excluding diaryl/α,β-unsaturated/α-hetero) is 1. The van der Waals surface area contributed by atoms with Crippen molar-refractivity contribution >= 4 is 28.7 Å². The predicted octanol–water partition coefficient (Wildman–Crippen LogP) is 3.17. The van der Waals surface area contributed by atoms with Crippen molar-refractivity contribution in [1.29, 1.82) is 0 Å². The summed E-state index contributed by atoms with van der Waals surface area (Å²) in [6.45, 7) is 2.02. The molecule has 2 saturated heterocycles. The molecule has 2 aliphatic rings. The number of thiophene rings is 1. The van der Waals surface area contributed by atoms with Crippen LogP contribution in [0.3, 0.4) is 0 Å². The number of carbonyl (C=O) groups excluding carboxylic acids is 1. The highest BCUT2D eigenvalue weighted by Gasteiger charge is 2.43. The summed E-state index contributed by atoms with van der Waals surface area (Å²) in [7, 11) is 0. The van der Waals surface area contributed by atoms with Gasteiger partial charge in [-0.25, -0.2) is 0 Å². The molecule has 1 aromatic heterocycles. The van der Waals surface area contributed by atoms with Crippen LogP contribution >= 0.6 is 22.9 Å². The molecule has 0 aliphatic carbocycles. The van der Waals surface area contributed by atoms with Gasteiger partial charge < -0.3 is 9.47 Å². The van der Waals surface area contributed by atoms with Crippen LogP contribution in [0.1, 0.15) is 28.9 Å². The number of rotatable bonds is 2. The number of hydrogen-bond donors (Lipinski definition) is 0. The molecule has 0 amide bonds. The Morgan fingerprint density at radius 3 is 3.00 bits per heavy atom. The zero-order chi connectivity index (χ0) is 12.6. The molecule has 3 rings (SSSR count). The van der Waals surface area contributed by atoms with Gasteiger partial charge in [0.05, 0.1) is 21.4 Å². The fraction of sp³-hybridized carbons (Fsp3) is 0.615. The highest BCUT2D eigenvalue weighted by molar-refractivity contribution is 7.18. The van der Waals surface area contributed by atoms with Crippen molar-refractivity contribution in [1.82, 2.24) is 0 Å². The van der Waals surface area contributed by atoms with Gasteiger partial charge in [-0.3, -0.25) is 4.79 Å². The molecule has 18 heavy (non-hydrogen) atoms. The molecule has 3 nitrogen and oxygen atoms in total. The first-order valence-electron chi connectivity index (χ1n) is 6.20. The first-order valence-corrected chi connectivity index (χ1v) is 7.39. The molecule has 0 saturated carbocycles. The molecule has 1 spiro atoms. The second kappa shape index (κ2) is 4.93. The average Bonchev–Trinajstić information content (AvgIpc) is 2.98. The summed E-state index contributed by atoms with van der Waals surface area (Å²) in [5.74, 6) is 0.261. The van der Waals surface area contributed by atoms with Gasteiger partial charge in [0, 0.05) is 25.6 Å². The highest BCUT2D eigenvalue weighted by Crippen LogP contribution is 2.38. The van der Waals surface area contributed by atoms with Gasteiger partial charge in [-0.2, -0.15) is 0 Å². The molecule has 2 aliphatic heterocycles. The van der Waals surface area contributed by atoms with Crippen molar-refractivity contribution in [2.45, 2.75) is 24.9 Å². The Kier molecular flexibility index (Phi) is 3.45. The van der Waals surface area contributed by atoms with Crippen LogP contribution in [0.25, 0.3) is 0 Å². The lowest BCUT2D eigenvalue weighted by atomic mass is 9.82. The fourth-order valence-corrected chi connectivity index (χ4v) is 3.82. The molecule has 98 valence electrons. The molecule has 2 unspecified atom stereocenters. The largest absolute Gasteiger partial charge is 0.378 e. The third-order valence-electron chi connectivity index (χ3n) is 3.75. The summed E-state index contributed by atoms with van der Waals surface area (Å²) in [6, 6.07) is 3.61. The molecule has 0 radical (unpaired) electrons. The van der Waals surface area contributed by atoms with Crippen molar-refractivity contribution < 1.29 is 14.3 Å². The Morgan fingerprint density at radius 1 is 1.44 bits per heavy atom. The van der Waals surface area contributed by atoms with Crippen LogP contribution in [-0.4, -0.2) is 31.2 Å². The van der Waals surface area contributed by atoms with Crippen molar-refractivity contribution in [2.75, 3.05) is 19.8 Å². The molecule has 2 atom stereocenters. The number of ether oxygens (including phenoxy) is 2. The van der Waals surface area contributed by atoms with Gasteiger partial charge in [0.2, 0.25) is 0 Å². The lowest BCUT2D eigenvalue weighted by Crippen LogP contribution is -2.42. The number of hydrogen-bond acceptors (Lipinski definition) is 4. The van der Waals surface area contributed by atoms with Crippen molar-refractivity contribution in [3.05, 3.63) is 21.3 Å². The minimum absolute atomic E-state index is 0.0511. The molecule has 0 N–H and O–H groups in total. The molecule has 5 heteroatoms. The average molecular weight is 287 g/mol. The Bertz CT molecular complexity index is 451. The Labute approximate surface area is 115 Å². The zero-order valence-corrected chi connectivity index (χ0v) is 11.6. The van der Waals surface area contributed by atoms with Crippen molar-refractivity contribution in [3.8, 4) is 0 Å². The smallest absolute Gasteiger partial charge is 0.176 e. The molecular formula is C13H15ClO3S. The first-order chi connectivity index (χ1) is 8.69. The zero-order valence-electron chi connectivity index (χ0n) is 9.99. The van der Waals surface area contributed by atoms with Crippen LogP contribution in [0, 0.1) is 5.92 Å². The summed E-state index contributed by atoms with van der Waals surface area (Å²) in [4.78, 5) is 13.2. The van der Waals surface area contributed by atoms with E-state index in [1.54, 1.807) is 6.07 Å². The van der Waals surface area contributed by atoms with Crippen LogP contribution in [0.5, 0.6) is 0 Å². The molecule has 1 aromatic rings. The van der Waals surface area contributed by atoms with Crippen molar-refractivity contribution in [3.63, 3.8) is 0 Å². The van der Waals surface area contributed by atoms with Gasteiger partial charge >= 0.3 is 0 Å². The maximum atomic E-state index is 12.4. The number of carbonyl (C=O) groups is 1. The molecule has 0 aromatic carbocycles. The Morgan fingerprint density at radius 2 is 2.33 bits per heavy atom. The maximum Gasteiger partial charge on any atom is 0.176 e. The first kappa shape index (κ1) is 12.6. The topological polar surface area (TPSA) is 35.5 Å². The van der Waals surface area contributed by atoms with Gasteiger partial charge in [0.25, 0.3) is 0 Å². The Balaban J connectivity index is 1.74. The van der Waals surface area contributed by atoms with Crippen molar-refractivity contribution in [2.24, 2.45) is 5.92 Å². The third-order valence-corrected chi connectivity index (χ3v) is 4.99. The number of ketones is 1. The summed E-state index contributed by atoms with van der Waals surface area (Å²) < 4.78 is 11.9. The summed E-state index contributed by atoms with van der Waals surface area (Å²) in [5, 5.41) is 0. The summed E-state index contributed by atoms with van der Waals surface area (Å²) in [5.41, 5.74) is -0.209. The van der Waals surface area contributed by atoms with E-state index in [4.69, 9.17) is 21.1 Å². The monoisotopic (exact) mass is 286 g/mol. The van der Waals surface area contributed by atoms with E-state index in [0.717, 1.165) is 30.7 Å². The van der Waals surface area contributed by atoms with E-state index in [-0.39, 0.29) is 17.3 Å². The summed E-state index contributed by atoms with van der Waals surface area (Å²) in [6.07, 6.45) is 2.49. The molecule has 3 heterocycles. The standard InChI is InChI=1S/C13H15ClO3S/c14-11-2-1-10(18-11)12(15)9-3-5-17-13(7-9)4-6-16-8-13/h1-2,9H,3-8H2. The molecular weight excluding hydrogens is 272 g/mol. The van der Waals surface area contributed by atoms with E-state index in [0.29, 0.717) is 17.6 Å². The van der Waals surface area contributed by atoms with Crippen LogP contribution < -0.4 is 0 Å². The lowest BCUT2D eigenvalue weighted by molar-refractivity contribution is -0.0920. The SMILES string of the molecule is O=C(c1ccc(Cl)s1)C1CCOC2(CCOC2)C1. The fourth-order valence-electron chi connectivity index (χ4n) is 2.76. The third kappa shape index (κ3) is 2.35. The van der Waals surface area contributed by atoms with E-state index in [1.165, 1.54) is 11.3 Å². The number of halogens is 1. The van der Waals surface area contributed by atoms with E-state index in [2.05, 4.69) is 0 Å². The minimum Gasteiger partial charge on any atom is -0.378 e. The van der Waals surface area contributed by atoms with E-state index >= 15 is 0 Å². The lowest BCUT2D eigenvalue weighted by Gasteiger charge is -2.36. The van der Waals surface area contributed by atoms with Gasteiger partial charge in [0.1, 0.15) is 0 Å². The minimum atomic E-state index is -0.209. The highest BCUT2D eigenvalue weighted by atomic mass is 35.5. The van der Waals surface area contributed by atoms with Gasteiger partial charge in [-0.1, -0.05) is 11.6 Å². The quantitative estimate of drug-likeness (QED) is 0.784. The van der Waals surface area contributed by atoms with E-state index in [1.807, 2.05) is 6.07 Å². The molecule has 2 fully saturated rings. The maximum absolute atomic E-state index is 12.4. The van der Waals surface area contributed by atoms with Gasteiger partial charge in [-0.05, 0) is 25.0 Å². The van der Waals surface area contributed by atoms with Gasteiger partial charge in [-0.15, -0.1) is 11.3 Å². The second-order valence-electron chi connectivity index (χ2n) is 4.99. The normalized spacial score (nSPS) is 31.9. The van der Waals surface area contributed by atoms with Crippen LogP contribution in [-0.2, 0) is 9.47 Å². The van der Waals surface area contributed by atoms with Gasteiger partial charge in [0.15, 0.2) is 5.78 Å². The second-order valence-corrected chi connectivity index (χ2v) is 6.71. The predicted molar refractivity (Wildman–Crippen MR) is 70.5 cm³/mol. The van der Waals surface area contributed by atoms with E-state index < -0.39 is 0 Å². The summed E-state index contributed by atoms with van der Waals surface area (Å²) >= 11 is 7.25. The Hall–Kier alpha value is -0.420. The molecule has 0 bridgehead atoms.